The van der Waals surface area contributed by atoms with Gasteiger partial charge >= 0.3 is 0 Å². The van der Waals surface area contributed by atoms with Crippen LogP contribution in [0.5, 0.6) is 0 Å². The molecule has 1 aromatic carbocycles. The van der Waals surface area contributed by atoms with Gasteiger partial charge in [-0.25, -0.2) is 0 Å². The summed E-state index contributed by atoms with van der Waals surface area (Å²) in [5.41, 5.74) is 1.01. The first-order valence-corrected chi connectivity index (χ1v) is 5.77. The average molecular weight is 271 g/mol. The lowest BCUT2D eigenvalue weighted by molar-refractivity contribution is -0.128. The van der Waals surface area contributed by atoms with Gasteiger partial charge in [0.2, 0.25) is 0 Å². The van der Waals surface area contributed by atoms with E-state index in [0.29, 0.717) is 6.42 Å². The van der Waals surface area contributed by atoms with Crippen molar-refractivity contribution in [1.29, 1.82) is 0 Å². The summed E-state index contributed by atoms with van der Waals surface area (Å²) in [4.78, 5) is 11.8. The van der Waals surface area contributed by atoms with Crippen molar-refractivity contribution >= 4 is 21.7 Å². The van der Waals surface area contributed by atoms with E-state index in [4.69, 9.17) is 4.74 Å². The second-order valence-corrected chi connectivity index (χ2v) is 4.22. The van der Waals surface area contributed by atoms with E-state index in [0.717, 1.165) is 16.5 Å². The van der Waals surface area contributed by atoms with Gasteiger partial charge in [0.15, 0.2) is 5.78 Å². The molecule has 1 unspecified atom stereocenters. The summed E-state index contributed by atoms with van der Waals surface area (Å²) < 4.78 is 6.08. The number of methoxy groups -OCH3 is 1. The molecule has 0 spiro atoms. The lowest BCUT2D eigenvalue weighted by atomic mass is 10.0. The minimum Gasteiger partial charge on any atom is -0.374 e. The molecule has 0 heterocycles. The Morgan fingerprint density at radius 3 is 2.67 bits per heavy atom. The summed E-state index contributed by atoms with van der Waals surface area (Å²) >= 11 is 3.42. The van der Waals surface area contributed by atoms with Crippen LogP contribution < -0.4 is 0 Å². The SMILES string of the molecule is CCC(OC)C(=O)Cc1ccccc1Br. The van der Waals surface area contributed by atoms with Crippen LogP contribution in [0.25, 0.3) is 0 Å². The Hall–Kier alpha value is -0.670. The smallest absolute Gasteiger partial charge is 0.165 e. The van der Waals surface area contributed by atoms with Gasteiger partial charge in [-0.1, -0.05) is 41.1 Å². The quantitative estimate of drug-likeness (QED) is 0.823. The fourth-order valence-corrected chi connectivity index (χ4v) is 1.89. The highest BCUT2D eigenvalue weighted by Crippen LogP contribution is 2.17. The molecule has 0 aliphatic heterocycles. The van der Waals surface area contributed by atoms with Crippen LogP contribution in [-0.4, -0.2) is 19.0 Å². The minimum atomic E-state index is -0.280. The molecule has 0 saturated carbocycles. The molecule has 0 saturated heterocycles. The fraction of sp³-hybridized carbons (Fsp3) is 0.417. The van der Waals surface area contributed by atoms with Crippen LogP contribution in [0.2, 0.25) is 0 Å². The average Bonchev–Trinajstić information content (AvgIpc) is 2.23. The van der Waals surface area contributed by atoms with E-state index in [1.807, 2.05) is 31.2 Å². The van der Waals surface area contributed by atoms with Crippen molar-refractivity contribution in [3.63, 3.8) is 0 Å². The van der Waals surface area contributed by atoms with E-state index in [-0.39, 0.29) is 11.9 Å². The number of Topliss-reactive ketones (excluding diaryl/α,β-unsaturated/α-hetero) is 1. The van der Waals surface area contributed by atoms with Crippen LogP contribution in [0.1, 0.15) is 18.9 Å². The van der Waals surface area contributed by atoms with Gasteiger partial charge in [-0.2, -0.15) is 0 Å². The highest BCUT2D eigenvalue weighted by molar-refractivity contribution is 9.10. The molecule has 1 aromatic rings. The third kappa shape index (κ3) is 3.43. The van der Waals surface area contributed by atoms with E-state index in [1.54, 1.807) is 7.11 Å². The van der Waals surface area contributed by atoms with Gasteiger partial charge in [-0.05, 0) is 18.1 Å². The Bertz CT molecular complexity index is 332. The number of hydrogen-bond acceptors (Lipinski definition) is 2. The second-order valence-electron chi connectivity index (χ2n) is 3.37. The zero-order chi connectivity index (χ0) is 11.3. The maximum absolute atomic E-state index is 11.8. The summed E-state index contributed by atoms with van der Waals surface area (Å²) in [6.07, 6.45) is 0.866. The van der Waals surface area contributed by atoms with Crippen molar-refractivity contribution in [2.75, 3.05) is 7.11 Å². The largest absolute Gasteiger partial charge is 0.374 e. The number of carbonyl (C=O) groups excluding carboxylic acids is 1. The Morgan fingerprint density at radius 2 is 2.13 bits per heavy atom. The Labute approximate surface area is 98.8 Å². The number of ketones is 1. The molecular formula is C12H15BrO2. The Kier molecular flexibility index (Phi) is 4.99. The van der Waals surface area contributed by atoms with Gasteiger partial charge in [0.25, 0.3) is 0 Å². The van der Waals surface area contributed by atoms with E-state index >= 15 is 0 Å². The van der Waals surface area contributed by atoms with Crippen molar-refractivity contribution in [2.24, 2.45) is 0 Å². The molecule has 0 bridgehead atoms. The lowest BCUT2D eigenvalue weighted by Crippen LogP contribution is -2.23. The fourth-order valence-electron chi connectivity index (χ4n) is 1.47. The second kappa shape index (κ2) is 6.03. The van der Waals surface area contributed by atoms with E-state index in [2.05, 4.69) is 15.9 Å². The van der Waals surface area contributed by atoms with Crippen molar-refractivity contribution in [3.05, 3.63) is 34.3 Å². The molecule has 1 atom stereocenters. The number of halogens is 1. The highest BCUT2D eigenvalue weighted by Gasteiger charge is 2.16. The summed E-state index contributed by atoms with van der Waals surface area (Å²) in [6, 6.07) is 7.76. The molecule has 0 aromatic heterocycles. The third-order valence-electron chi connectivity index (χ3n) is 2.34. The summed E-state index contributed by atoms with van der Waals surface area (Å²) in [5.74, 6) is 0.131. The molecular weight excluding hydrogens is 256 g/mol. The predicted molar refractivity (Wildman–Crippen MR) is 63.9 cm³/mol. The van der Waals surface area contributed by atoms with Crippen LogP contribution in [-0.2, 0) is 16.0 Å². The highest BCUT2D eigenvalue weighted by atomic mass is 79.9. The van der Waals surface area contributed by atoms with Crippen molar-refractivity contribution in [3.8, 4) is 0 Å². The van der Waals surface area contributed by atoms with Gasteiger partial charge in [0.1, 0.15) is 6.10 Å². The molecule has 0 aliphatic carbocycles. The van der Waals surface area contributed by atoms with Gasteiger partial charge in [0, 0.05) is 18.0 Å². The number of hydrogen-bond donors (Lipinski definition) is 0. The Balaban J connectivity index is 2.70. The maximum atomic E-state index is 11.8. The molecule has 0 radical (unpaired) electrons. The van der Waals surface area contributed by atoms with Crippen LogP contribution in [0.4, 0.5) is 0 Å². The van der Waals surface area contributed by atoms with Gasteiger partial charge < -0.3 is 4.74 Å². The number of rotatable bonds is 5. The van der Waals surface area contributed by atoms with E-state index < -0.39 is 0 Å². The number of ether oxygens (including phenoxy) is 1. The van der Waals surface area contributed by atoms with Crippen LogP contribution >= 0.6 is 15.9 Å². The zero-order valence-corrected chi connectivity index (χ0v) is 10.6. The molecule has 82 valence electrons. The molecule has 0 fully saturated rings. The zero-order valence-electron chi connectivity index (χ0n) is 9.00. The summed E-state index contributed by atoms with van der Waals surface area (Å²) in [6.45, 7) is 1.95. The first kappa shape index (κ1) is 12.4. The van der Waals surface area contributed by atoms with Gasteiger partial charge in [-0.3, -0.25) is 4.79 Å². The molecule has 1 rings (SSSR count). The van der Waals surface area contributed by atoms with Gasteiger partial charge in [-0.15, -0.1) is 0 Å². The van der Waals surface area contributed by atoms with Crippen LogP contribution in [0.15, 0.2) is 28.7 Å². The lowest BCUT2D eigenvalue weighted by Gasteiger charge is -2.12. The topological polar surface area (TPSA) is 26.3 Å². The third-order valence-corrected chi connectivity index (χ3v) is 3.11. The first-order chi connectivity index (χ1) is 7.19. The van der Waals surface area contributed by atoms with E-state index in [1.165, 1.54) is 0 Å². The van der Waals surface area contributed by atoms with Gasteiger partial charge in [0.05, 0.1) is 0 Å². The molecule has 3 heteroatoms. The number of carbonyl (C=O) groups is 1. The summed E-state index contributed by atoms with van der Waals surface area (Å²) in [5, 5.41) is 0. The minimum absolute atomic E-state index is 0.131. The van der Waals surface area contributed by atoms with Crippen LogP contribution in [0, 0.1) is 0 Å². The van der Waals surface area contributed by atoms with E-state index in [9.17, 15) is 4.79 Å². The monoisotopic (exact) mass is 270 g/mol. The number of benzene rings is 1. The van der Waals surface area contributed by atoms with Crippen LogP contribution in [0.3, 0.4) is 0 Å². The molecule has 2 nitrogen and oxygen atoms in total. The maximum Gasteiger partial charge on any atom is 0.165 e. The first-order valence-electron chi connectivity index (χ1n) is 4.98. The summed E-state index contributed by atoms with van der Waals surface area (Å²) in [7, 11) is 1.58. The molecule has 0 amide bonds. The Morgan fingerprint density at radius 1 is 1.47 bits per heavy atom. The standard InChI is InChI=1S/C12H15BrO2/c1-3-12(15-2)11(14)8-9-6-4-5-7-10(9)13/h4-7,12H,3,8H2,1-2H3. The normalized spacial score (nSPS) is 12.5. The van der Waals surface area contributed by atoms with Crippen molar-refractivity contribution in [1.82, 2.24) is 0 Å². The predicted octanol–water partition coefficient (Wildman–Crippen LogP) is 2.99. The molecule has 0 N–H and O–H groups in total. The molecule has 0 aliphatic rings. The molecule has 15 heavy (non-hydrogen) atoms. The van der Waals surface area contributed by atoms with Crippen molar-refractivity contribution in [2.45, 2.75) is 25.9 Å². The van der Waals surface area contributed by atoms with Crippen molar-refractivity contribution < 1.29 is 9.53 Å².